The summed E-state index contributed by atoms with van der Waals surface area (Å²) < 4.78 is 39.4. The van der Waals surface area contributed by atoms with Gasteiger partial charge < -0.3 is 14.8 Å². The summed E-state index contributed by atoms with van der Waals surface area (Å²) in [6.45, 7) is 3.32. The van der Waals surface area contributed by atoms with Crippen LogP contribution in [0.25, 0.3) is 10.1 Å². The molecule has 1 N–H and O–H groups in total. The predicted octanol–water partition coefficient (Wildman–Crippen LogP) is 4.03. The van der Waals surface area contributed by atoms with Crippen LogP contribution in [0.15, 0.2) is 53.4 Å². The van der Waals surface area contributed by atoms with Gasteiger partial charge in [-0.1, -0.05) is 0 Å². The third-order valence-corrected chi connectivity index (χ3v) is 8.49. The minimum absolute atomic E-state index is 0.0844. The molecule has 9 heteroatoms. The number of nitrogens with zero attached hydrogens (tertiary/aromatic N) is 1. The van der Waals surface area contributed by atoms with Crippen molar-refractivity contribution in [3.8, 4) is 5.75 Å². The molecular weight excluding hydrogens is 448 g/mol. The molecule has 7 nitrogen and oxygen atoms in total. The van der Waals surface area contributed by atoms with Crippen molar-refractivity contribution in [3.05, 3.63) is 53.4 Å². The Morgan fingerprint density at radius 2 is 2.00 bits per heavy atom. The first-order valence-corrected chi connectivity index (χ1v) is 12.8. The van der Waals surface area contributed by atoms with Crippen LogP contribution >= 0.6 is 11.3 Å². The van der Waals surface area contributed by atoms with Gasteiger partial charge in [0.1, 0.15) is 5.75 Å². The van der Waals surface area contributed by atoms with E-state index in [-0.39, 0.29) is 23.5 Å². The summed E-state index contributed by atoms with van der Waals surface area (Å²) in [6.07, 6.45) is 2.08. The van der Waals surface area contributed by atoms with E-state index >= 15 is 0 Å². The van der Waals surface area contributed by atoms with E-state index in [1.165, 1.54) is 34.9 Å². The molecule has 1 aromatic heterocycles. The highest BCUT2D eigenvalue weighted by Crippen LogP contribution is 2.32. The quantitative estimate of drug-likeness (QED) is 0.533. The Morgan fingerprint density at radius 1 is 1.22 bits per heavy atom. The molecule has 0 aliphatic carbocycles. The molecule has 1 aliphatic heterocycles. The van der Waals surface area contributed by atoms with Gasteiger partial charge in [-0.3, -0.25) is 9.10 Å². The summed E-state index contributed by atoms with van der Waals surface area (Å²) in [6, 6.07) is 13.6. The Balaban J connectivity index is 1.56. The van der Waals surface area contributed by atoms with E-state index in [9.17, 15) is 13.2 Å². The number of carbonyl (C=O) groups is 1. The highest BCUT2D eigenvalue weighted by molar-refractivity contribution is 7.92. The molecule has 170 valence electrons. The van der Waals surface area contributed by atoms with Gasteiger partial charge in [0.2, 0.25) is 0 Å². The fraction of sp³-hybridized carbons (Fsp3) is 0.348. The van der Waals surface area contributed by atoms with Crippen molar-refractivity contribution >= 4 is 43.0 Å². The minimum atomic E-state index is -3.74. The number of hydrogen-bond acceptors (Lipinski definition) is 6. The number of anilines is 1. The fourth-order valence-corrected chi connectivity index (χ4v) is 6.19. The maximum Gasteiger partial charge on any atom is 0.264 e. The molecule has 1 saturated heterocycles. The summed E-state index contributed by atoms with van der Waals surface area (Å²) >= 11 is 1.39. The molecule has 4 rings (SSSR count). The number of nitrogens with one attached hydrogen (secondary N) is 1. The average Bonchev–Trinajstić information content (AvgIpc) is 3.47. The van der Waals surface area contributed by atoms with Gasteiger partial charge in [0.05, 0.1) is 28.7 Å². The normalized spacial score (nSPS) is 16.2. The largest absolute Gasteiger partial charge is 0.497 e. The lowest BCUT2D eigenvalue weighted by Gasteiger charge is -2.23. The van der Waals surface area contributed by atoms with Crippen LogP contribution in [0.3, 0.4) is 0 Å². The monoisotopic (exact) mass is 474 g/mol. The zero-order valence-corrected chi connectivity index (χ0v) is 19.7. The first-order valence-electron chi connectivity index (χ1n) is 10.5. The smallest absolute Gasteiger partial charge is 0.264 e. The molecule has 3 aromatic rings. The first kappa shape index (κ1) is 22.6. The van der Waals surface area contributed by atoms with E-state index < -0.39 is 10.0 Å². The van der Waals surface area contributed by atoms with E-state index in [4.69, 9.17) is 9.47 Å². The van der Waals surface area contributed by atoms with Crippen molar-refractivity contribution < 1.29 is 22.7 Å². The molecule has 0 saturated carbocycles. The maximum atomic E-state index is 13.2. The molecule has 1 amide bonds. The van der Waals surface area contributed by atoms with E-state index in [2.05, 4.69) is 5.32 Å². The molecule has 32 heavy (non-hydrogen) atoms. The highest BCUT2D eigenvalue weighted by Gasteiger charge is 2.24. The van der Waals surface area contributed by atoms with Gasteiger partial charge in [0.15, 0.2) is 0 Å². The van der Waals surface area contributed by atoms with E-state index in [1.807, 2.05) is 18.2 Å². The van der Waals surface area contributed by atoms with Crippen molar-refractivity contribution in [1.82, 2.24) is 5.32 Å². The number of methoxy groups -OCH3 is 1. The van der Waals surface area contributed by atoms with Gasteiger partial charge in [-0.05, 0) is 73.7 Å². The second-order valence-electron chi connectivity index (χ2n) is 7.52. The predicted molar refractivity (Wildman–Crippen MR) is 126 cm³/mol. The average molecular weight is 475 g/mol. The summed E-state index contributed by atoms with van der Waals surface area (Å²) in [4.78, 5) is 13.4. The maximum absolute atomic E-state index is 13.2. The van der Waals surface area contributed by atoms with Gasteiger partial charge in [-0.15, -0.1) is 11.3 Å². The molecule has 1 unspecified atom stereocenters. The van der Waals surface area contributed by atoms with Crippen LogP contribution in [0.4, 0.5) is 5.69 Å². The van der Waals surface area contributed by atoms with Crippen LogP contribution in [-0.2, 0) is 14.8 Å². The highest BCUT2D eigenvalue weighted by atomic mass is 32.2. The Hall–Kier alpha value is -2.62. The molecule has 1 aliphatic rings. The second-order valence-corrected chi connectivity index (χ2v) is 10.5. The lowest BCUT2D eigenvalue weighted by Crippen LogP contribution is -2.31. The van der Waals surface area contributed by atoms with Crippen molar-refractivity contribution in [2.75, 3.05) is 31.1 Å². The Kier molecular flexibility index (Phi) is 6.68. The molecular formula is C23H26N2O5S2. The fourth-order valence-electron chi connectivity index (χ4n) is 3.76. The molecule has 1 fully saturated rings. The Labute approximate surface area is 192 Å². The lowest BCUT2D eigenvalue weighted by molar-refractivity contribution is 0.0861. The third kappa shape index (κ3) is 4.60. The third-order valence-electron chi connectivity index (χ3n) is 5.46. The van der Waals surface area contributed by atoms with E-state index in [0.717, 1.165) is 29.5 Å². The number of benzene rings is 2. The SMILES string of the molecule is CCN(c1ccc2sc(C(=O)NCC3CCCO3)cc2c1)S(=O)(=O)c1ccc(OC)cc1. The Bertz CT molecular complexity index is 1200. The molecule has 2 heterocycles. The van der Waals surface area contributed by atoms with Crippen LogP contribution in [-0.4, -0.2) is 47.2 Å². The van der Waals surface area contributed by atoms with Gasteiger partial charge >= 0.3 is 0 Å². The second kappa shape index (κ2) is 9.48. The van der Waals surface area contributed by atoms with Crippen LogP contribution in [0.2, 0.25) is 0 Å². The van der Waals surface area contributed by atoms with Gasteiger partial charge in [-0.2, -0.15) is 0 Å². The molecule has 0 radical (unpaired) electrons. The lowest BCUT2D eigenvalue weighted by atomic mass is 10.2. The summed E-state index contributed by atoms with van der Waals surface area (Å²) in [7, 11) is -2.20. The van der Waals surface area contributed by atoms with Crippen LogP contribution in [0.5, 0.6) is 5.75 Å². The van der Waals surface area contributed by atoms with Crippen molar-refractivity contribution in [2.24, 2.45) is 0 Å². The zero-order chi connectivity index (χ0) is 22.7. The van der Waals surface area contributed by atoms with Crippen LogP contribution in [0.1, 0.15) is 29.4 Å². The Morgan fingerprint density at radius 3 is 2.66 bits per heavy atom. The van der Waals surface area contributed by atoms with Crippen molar-refractivity contribution in [3.63, 3.8) is 0 Å². The first-order chi connectivity index (χ1) is 15.4. The van der Waals surface area contributed by atoms with Gasteiger partial charge in [-0.25, -0.2) is 8.42 Å². The van der Waals surface area contributed by atoms with Crippen molar-refractivity contribution in [1.29, 1.82) is 0 Å². The molecule has 2 aromatic carbocycles. The van der Waals surface area contributed by atoms with Gasteiger partial charge in [0.25, 0.3) is 15.9 Å². The van der Waals surface area contributed by atoms with Crippen LogP contribution < -0.4 is 14.4 Å². The minimum Gasteiger partial charge on any atom is -0.497 e. The molecule has 1 atom stereocenters. The summed E-state index contributed by atoms with van der Waals surface area (Å²) in [5, 5.41) is 3.77. The number of thiophene rings is 1. The number of carbonyl (C=O) groups excluding carboxylic acids is 1. The molecule has 0 spiro atoms. The van der Waals surface area contributed by atoms with Crippen molar-refractivity contribution in [2.45, 2.75) is 30.8 Å². The van der Waals surface area contributed by atoms with E-state index in [1.54, 1.807) is 25.1 Å². The number of ether oxygens (including phenoxy) is 2. The topological polar surface area (TPSA) is 84.9 Å². The standard InChI is InChI=1S/C23H26N2O5S2/c1-3-25(32(27,28)20-9-7-18(29-2)8-10-20)17-6-11-21-16(13-17)14-22(31-21)23(26)24-15-19-5-4-12-30-19/h6-11,13-14,19H,3-5,12,15H2,1-2H3,(H,24,26). The van der Waals surface area contributed by atoms with E-state index in [0.29, 0.717) is 22.9 Å². The molecule has 0 bridgehead atoms. The van der Waals surface area contributed by atoms with Gasteiger partial charge in [0, 0.05) is 24.4 Å². The number of fused-ring (bicyclic) bond motifs is 1. The number of hydrogen-bond donors (Lipinski definition) is 1. The number of sulfonamides is 1. The number of rotatable bonds is 8. The summed E-state index contributed by atoms with van der Waals surface area (Å²) in [5.41, 5.74) is 0.555. The zero-order valence-electron chi connectivity index (χ0n) is 18.0. The summed E-state index contributed by atoms with van der Waals surface area (Å²) in [5.74, 6) is 0.457. The number of amides is 1. The van der Waals surface area contributed by atoms with Crippen LogP contribution in [0, 0.1) is 0 Å².